The maximum absolute atomic E-state index is 11.8. The molecule has 4 heteroatoms. The minimum Gasteiger partial charge on any atom is -0.339 e. The molecule has 0 N–H and O–H groups in total. The molecule has 1 atom stereocenters. The van der Waals surface area contributed by atoms with E-state index in [9.17, 15) is 13.6 Å². The molecule has 0 aromatic heterocycles. The van der Waals surface area contributed by atoms with Gasteiger partial charge in [-0.05, 0) is 24.8 Å². The van der Waals surface area contributed by atoms with Crippen LogP contribution in [0.1, 0.15) is 19.8 Å². The van der Waals surface area contributed by atoms with Crippen molar-refractivity contribution in [1.82, 2.24) is 4.90 Å². The molecule has 2 nitrogen and oxygen atoms in total. The van der Waals surface area contributed by atoms with Gasteiger partial charge < -0.3 is 4.90 Å². The van der Waals surface area contributed by atoms with Crippen molar-refractivity contribution in [2.24, 2.45) is 5.92 Å². The molecular weight excluding hydrogens is 188 g/mol. The average Bonchev–Trinajstić information content (AvgIpc) is 2.14. The number of allylic oxidation sites excluding steroid dienone is 1. The van der Waals surface area contributed by atoms with E-state index in [0.29, 0.717) is 25.1 Å². The van der Waals surface area contributed by atoms with Crippen molar-refractivity contribution in [3.05, 3.63) is 12.2 Å². The van der Waals surface area contributed by atoms with Crippen LogP contribution in [0, 0.1) is 5.92 Å². The van der Waals surface area contributed by atoms with Crippen LogP contribution >= 0.6 is 0 Å². The predicted octanol–water partition coefficient (Wildman–Crippen LogP) is 2.07. The van der Waals surface area contributed by atoms with Gasteiger partial charge in [0, 0.05) is 19.2 Å². The molecule has 0 saturated carbocycles. The Labute approximate surface area is 82.6 Å². The van der Waals surface area contributed by atoms with Gasteiger partial charge in [-0.1, -0.05) is 6.92 Å². The van der Waals surface area contributed by atoms with Crippen molar-refractivity contribution in [2.75, 3.05) is 13.1 Å². The number of likely N-dealkylation sites (tertiary alicyclic amines) is 1. The van der Waals surface area contributed by atoms with Gasteiger partial charge in [0.2, 0.25) is 5.91 Å². The van der Waals surface area contributed by atoms with Crippen molar-refractivity contribution >= 4 is 5.91 Å². The molecule has 1 heterocycles. The van der Waals surface area contributed by atoms with Gasteiger partial charge in [-0.2, -0.15) is 0 Å². The van der Waals surface area contributed by atoms with Gasteiger partial charge in [0.05, 0.1) is 0 Å². The highest BCUT2D eigenvalue weighted by Gasteiger charge is 2.19. The molecule has 1 aliphatic heterocycles. The first-order valence-corrected chi connectivity index (χ1v) is 4.85. The van der Waals surface area contributed by atoms with Crippen molar-refractivity contribution < 1.29 is 13.6 Å². The number of carbonyl (C=O) groups excluding carboxylic acids is 1. The number of piperidine rings is 1. The Morgan fingerprint density at radius 3 is 2.86 bits per heavy atom. The van der Waals surface area contributed by atoms with Crippen LogP contribution in [0.3, 0.4) is 0 Å². The highest BCUT2D eigenvalue weighted by molar-refractivity contribution is 5.87. The van der Waals surface area contributed by atoms with Crippen LogP contribution in [-0.4, -0.2) is 30.3 Å². The number of alkyl halides is 2. The first kappa shape index (κ1) is 11.1. The van der Waals surface area contributed by atoms with Gasteiger partial charge in [0.25, 0.3) is 6.43 Å². The Kier molecular flexibility index (Phi) is 4.04. The molecule has 0 radical (unpaired) electrons. The van der Waals surface area contributed by atoms with Crippen molar-refractivity contribution in [3.8, 4) is 0 Å². The molecular formula is C10H15F2NO. The number of rotatable bonds is 2. The molecule has 0 bridgehead atoms. The minimum absolute atomic E-state index is 0.295. The number of nitrogens with zero attached hydrogens (tertiary/aromatic N) is 1. The second-order valence-corrected chi connectivity index (χ2v) is 3.73. The number of amides is 1. The summed E-state index contributed by atoms with van der Waals surface area (Å²) in [7, 11) is 0. The molecule has 1 amide bonds. The van der Waals surface area contributed by atoms with Crippen LogP contribution in [0.5, 0.6) is 0 Å². The van der Waals surface area contributed by atoms with Gasteiger partial charge in [-0.25, -0.2) is 8.78 Å². The zero-order valence-electron chi connectivity index (χ0n) is 8.25. The molecule has 1 aliphatic rings. The molecule has 0 aromatic carbocycles. The van der Waals surface area contributed by atoms with E-state index in [-0.39, 0.29) is 5.91 Å². The Balaban J connectivity index is 2.43. The average molecular weight is 203 g/mol. The van der Waals surface area contributed by atoms with E-state index in [1.54, 1.807) is 4.90 Å². The molecule has 80 valence electrons. The second kappa shape index (κ2) is 5.08. The zero-order valence-corrected chi connectivity index (χ0v) is 8.25. The normalized spacial score (nSPS) is 23.4. The van der Waals surface area contributed by atoms with Crippen LogP contribution < -0.4 is 0 Å². The van der Waals surface area contributed by atoms with E-state index in [1.165, 1.54) is 0 Å². The number of hydrogen-bond donors (Lipinski definition) is 0. The Morgan fingerprint density at radius 1 is 1.57 bits per heavy atom. The van der Waals surface area contributed by atoms with Gasteiger partial charge in [0.15, 0.2) is 0 Å². The minimum atomic E-state index is -2.54. The molecule has 14 heavy (non-hydrogen) atoms. The highest BCUT2D eigenvalue weighted by Crippen LogP contribution is 2.15. The summed E-state index contributed by atoms with van der Waals surface area (Å²) in [6.07, 6.45) is 1.16. The van der Waals surface area contributed by atoms with Crippen molar-refractivity contribution in [2.45, 2.75) is 26.2 Å². The van der Waals surface area contributed by atoms with Crippen LogP contribution in [0.2, 0.25) is 0 Å². The van der Waals surface area contributed by atoms with Gasteiger partial charge in [0.1, 0.15) is 0 Å². The van der Waals surface area contributed by atoms with E-state index in [0.717, 1.165) is 18.9 Å². The fourth-order valence-electron chi connectivity index (χ4n) is 1.65. The third kappa shape index (κ3) is 3.44. The lowest BCUT2D eigenvalue weighted by atomic mass is 10.0. The third-order valence-corrected chi connectivity index (χ3v) is 2.35. The molecule has 0 spiro atoms. The lowest BCUT2D eigenvalue weighted by molar-refractivity contribution is -0.127. The summed E-state index contributed by atoms with van der Waals surface area (Å²) >= 11 is 0. The lowest BCUT2D eigenvalue weighted by Crippen LogP contribution is -2.38. The summed E-state index contributed by atoms with van der Waals surface area (Å²) in [5.74, 6) is 0.185. The second-order valence-electron chi connectivity index (χ2n) is 3.73. The van der Waals surface area contributed by atoms with E-state index < -0.39 is 6.43 Å². The van der Waals surface area contributed by atoms with Crippen LogP contribution in [-0.2, 0) is 4.79 Å². The first-order chi connectivity index (χ1) is 6.59. The van der Waals surface area contributed by atoms with E-state index >= 15 is 0 Å². The number of carbonyl (C=O) groups is 1. The molecule has 1 unspecified atom stereocenters. The smallest absolute Gasteiger partial charge is 0.257 e. The van der Waals surface area contributed by atoms with Crippen molar-refractivity contribution in [1.29, 1.82) is 0 Å². The standard InChI is InChI=1S/C10H15F2NO/c1-8-3-2-6-13(7-8)10(14)5-4-9(11)12/h4-5,8-9H,2-3,6-7H2,1H3. The van der Waals surface area contributed by atoms with Crippen LogP contribution in [0.4, 0.5) is 8.78 Å². The Bertz CT molecular complexity index is 228. The first-order valence-electron chi connectivity index (χ1n) is 4.85. The quantitative estimate of drug-likeness (QED) is 0.629. The lowest BCUT2D eigenvalue weighted by Gasteiger charge is -2.30. The SMILES string of the molecule is CC1CCCN(C(=O)C=CC(F)F)C1. The van der Waals surface area contributed by atoms with Crippen molar-refractivity contribution in [3.63, 3.8) is 0 Å². The van der Waals surface area contributed by atoms with Crippen LogP contribution in [0.25, 0.3) is 0 Å². The summed E-state index contributed by atoms with van der Waals surface area (Å²) in [5, 5.41) is 0. The monoisotopic (exact) mass is 203 g/mol. The topological polar surface area (TPSA) is 20.3 Å². The summed E-state index contributed by atoms with van der Waals surface area (Å²) in [6.45, 7) is 3.44. The number of halogens is 2. The van der Waals surface area contributed by atoms with E-state index in [1.807, 2.05) is 0 Å². The summed E-state index contributed by atoms with van der Waals surface area (Å²) in [6, 6.07) is 0. The van der Waals surface area contributed by atoms with Gasteiger partial charge in [-0.3, -0.25) is 4.79 Å². The maximum Gasteiger partial charge on any atom is 0.257 e. The molecule has 1 fully saturated rings. The largest absolute Gasteiger partial charge is 0.339 e. The van der Waals surface area contributed by atoms with Gasteiger partial charge in [-0.15, -0.1) is 0 Å². The molecule has 0 aromatic rings. The Hall–Kier alpha value is -0.930. The van der Waals surface area contributed by atoms with Gasteiger partial charge >= 0.3 is 0 Å². The summed E-state index contributed by atoms with van der Waals surface area (Å²) in [4.78, 5) is 13.0. The fraction of sp³-hybridized carbons (Fsp3) is 0.700. The Morgan fingerprint density at radius 2 is 2.29 bits per heavy atom. The molecule has 1 saturated heterocycles. The van der Waals surface area contributed by atoms with E-state index in [4.69, 9.17) is 0 Å². The van der Waals surface area contributed by atoms with E-state index in [2.05, 4.69) is 6.92 Å². The summed E-state index contributed by atoms with van der Waals surface area (Å²) in [5.41, 5.74) is 0. The predicted molar refractivity (Wildman–Crippen MR) is 50.1 cm³/mol. The number of hydrogen-bond acceptors (Lipinski definition) is 1. The highest BCUT2D eigenvalue weighted by atomic mass is 19.3. The maximum atomic E-state index is 11.8. The summed E-state index contributed by atoms with van der Waals surface area (Å²) < 4.78 is 23.6. The molecule has 1 rings (SSSR count). The molecule has 0 aliphatic carbocycles. The fourth-order valence-corrected chi connectivity index (χ4v) is 1.65. The third-order valence-electron chi connectivity index (χ3n) is 2.35. The zero-order chi connectivity index (χ0) is 10.6. The van der Waals surface area contributed by atoms with Crippen LogP contribution in [0.15, 0.2) is 12.2 Å².